The minimum absolute atomic E-state index is 0.161. The van der Waals surface area contributed by atoms with Crippen LogP contribution in [0.25, 0.3) is 0 Å². The zero-order valence-corrected chi connectivity index (χ0v) is 10.0. The molecule has 2 nitrogen and oxygen atoms in total. The lowest BCUT2D eigenvalue weighted by molar-refractivity contribution is -0.0420. The molecular formula is C13H26O2. The summed E-state index contributed by atoms with van der Waals surface area (Å²) < 4.78 is 0. The Hall–Kier alpha value is -0.0800. The lowest BCUT2D eigenvalue weighted by atomic mass is 9.71. The van der Waals surface area contributed by atoms with Crippen molar-refractivity contribution in [3.63, 3.8) is 0 Å². The average molecular weight is 214 g/mol. The second-order valence-electron chi connectivity index (χ2n) is 5.09. The number of rotatable bonds is 4. The maximum Gasteiger partial charge on any atom is 0.0618 e. The molecule has 0 spiro atoms. The van der Waals surface area contributed by atoms with E-state index >= 15 is 0 Å². The number of hydrogen-bond donors (Lipinski definition) is 2. The van der Waals surface area contributed by atoms with E-state index in [1.807, 2.05) is 0 Å². The molecular weight excluding hydrogens is 188 g/mol. The Labute approximate surface area is 93.7 Å². The van der Waals surface area contributed by atoms with Gasteiger partial charge in [-0.05, 0) is 19.3 Å². The van der Waals surface area contributed by atoms with Crippen molar-refractivity contribution in [3.05, 3.63) is 0 Å². The van der Waals surface area contributed by atoms with Crippen molar-refractivity contribution >= 4 is 0 Å². The van der Waals surface area contributed by atoms with E-state index in [2.05, 4.69) is 6.92 Å². The Morgan fingerprint density at radius 2 is 1.93 bits per heavy atom. The van der Waals surface area contributed by atoms with Crippen LogP contribution in [-0.2, 0) is 0 Å². The van der Waals surface area contributed by atoms with Crippen molar-refractivity contribution in [2.45, 2.75) is 70.8 Å². The fraction of sp³-hybridized carbons (Fsp3) is 1.00. The summed E-state index contributed by atoms with van der Waals surface area (Å²) in [5, 5.41) is 19.8. The molecule has 1 saturated carbocycles. The summed E-state index contributed by atoms with van der Waals surface area (Å²) in [5.74, 6) is 0. The highest BCUT2D eigenvalue weighted by Crippen LogP contribution is 2.38. The van der Waals surface area contributed by atoms with Crippen molar-refractivity contribution < 1.29 is 10.2 Å². The van der Waals surface area contributed by atoms with Gasteiger partial charge in [0, 0.05) is 5.41 Å². The summed E-state index contributed by atoms with van der Waals surface area (Å²) in [6.07, 6.45) is 9.65. The lowest BCUT2D eigenvalue weighted by Gasteiger charge is -2.38. The van der Waals surface area contributed by atoms with E-state index < -0.39 is 0 Å². The molecule has 0 saturated heterocycles. The molecule has 0 heterocycles. The predicted octanol–water partition coefficient (Wildman–Crippen LogP) is 2.87. The fourth-order valence-electron chi connectivity index (χ4n) is 2.73. The Balaban J connectivity index is 2.61. The highest BCUT2D eigenvalue weighted by Gasteiger charge is 2.36. The lowest BCUT2D eigenvalue weighted by Crippen LogP contribution is -2.39. The van der Waals surface area contributed by atoms with Crippen LogP contribution in [0.5, 0.6) is 0 Å². The van der Waals surface area contributed by atoms with Crippen LogP contribution in [0.1, 0.15) is 64.7 Å². The summed E-state index contributed by atoms with van der Waals surface area (Å²) in [5.41, 5.74) is -0.184. The predicted molar refractivity (Wildman–Crippen MR) is 62.8 cm³/mol. The minimum atomic E-state index is -0.283. The van der Waals surface area contributed by atoms with E-state index in [4.69, 9.17) is 0 Å². The molecule has 1 aliphatic carbocycles. The molecule has 2 heteroatoms. The van der Waals surface area contributed by atoms with Crippen molar-refractivity contribution in [1.29, 1.82) is 0 Å². The first kappa shape index (κ1) is 13.0. The van der Waals surface area contributed by atoms with Crippen LogP contribution >= 0.6 is 0 Å². The SMILES string of the molecule is CCCCC1(CO)CCCCCCC1O. The van der Waals surface area contributed by atoms with E-state index in [1.165, 1.54) is 19.3 Å². The maximum atomic E-state index is 10.2. The van der Waals surface area contributed by atoms with Crippen LogP contribution in [0.3, 0.4) is 0 Å². The quantitative estimate of drug-likeness (QED) is 0.755. The molecule has 2 unspecified atom stereocenters. The number of aliphatic hydroxyl groups is 2. The zero-order chi connectivity index (χ0) is 11.1. The van der Waals surface area contributed by atoms with Gasteiger partial charge in [-0.1, -0.05) is 45.4 Å². The molecule has 0 aromatic rings. The van der Waals surface area contributed by atoms with E-state index in [-0.39, 0.29) is 18.1 Å². The Morgan fingerprint density at radius 1 is 1.20 bits per heavy atom. The monoisotopic (exact) mass is 214 g/mol. The highest BCUT2D eigenvalue weighted by atomic mass is 16.3. The molecule has 15 heavy (non-hydrogen) atoms. The van der Waals surface area contributed by atoms with Gasteiger partial charge in [-0.25, -0.2) is 0 Å². The molecule has 0 amide bonds. The number of hydrogen-bond acceptors (Lipinski definition) is 2. The second kappa shape index (κ2) is 6.49. The van der Waals surface area contributed by atoms with Gasteiger partial charge in [0.15, 0.2) is 0 Å². The third-order valence-corrected chi connectivity index (χ3v) is 3.95. The first-order valence-electron chi connectivity index (χ1n) is 6.54. The molecule has 2 atom stereocenters. The Morgan fingerprint density at radius 3 is 2.60 bits per heavy atom. The van der Waals surface area contributed by atoms with Crippen molar-refractivity contribution in [2.75, 3.05) is 6.61 Å². The topological polar surface area (TPSA) is 40.5 Å². The van der Waals surface area contributed by atoms with Crippen LogP contribution in [0.15, 0.2) is 0 Å². The van der Waals surface area contributed by atoms with Gasteiger partial charge in [0.25, 0.3) is 0 Å². The molecule has 2 N–H and O–H groups in total. The molecule has 0 aromatic heterocycles. The Bertz CT molecular complexity index is 166. The maximum absolute atomic E-state index is 10.2. The fourth-order valence-corrected chi connectivity index (χ4v) is 2.73. The molecule has 0 radical (unpaired) electrons. The van der Waals surface area contributed by atoms with Crippen molar-refractivity contribution in [3.8, 4) is 0 Å². The second-order valence-corrected chi connectivity index (χ2v) is 5.09. The molecule has 1 fully saturated rings. The molecule has 1 rings (SSSR count). The summed E-state index contributed by atoms with van der Waals surface area (Å²) in [6, 6.07) is 0. The molecule has 90 valence electrons. The molecule has 0 aliphatic heterocycles. The van der Waals surface area contributed by atoms with Crippen molar-refractivity contribution in [1.82, 2.24) is 0 Å². The van der Waals surface area contributed by atoms with E-state index in [1.54, 1.807) is 0 Å². The van der Waals surface area contributed by atoms with Crippen LogP contribution in [-0.4, -0.2) is 22.9 Å². The average Bonchev–Trinajstić information content (AvgIpc) is 2.24. The van der Waals surface area contributed by atoms with E-state index in [9.17, 15) is 10.2 Å². The van der Waals surface area contributed by atoms with Gasteiger partial charge in [-0.15, -0.1) is 0 Å². The van der Waals surface area contributed by atoms with Gasteiger partial charge < -0.3 is 10.2 Å². The molecule has 0 aromatic carbocycles. The van der Waals surface area contributed by atoms with Crippen LogP contribution in [0.4, 0.5) is 0 Å². The van der Waals surface area contributed by atoms with E-state index in [0.29, 0.717) is 0 Å². The van der Waals surface area contributed by atoms with Crippen molar-refractivity contribution in [2.24, 2.45) is 5.41 Å². The van der Waals surface area contributed by atoms with Crippen LogP contribution < -0.4 is 0 Å². The smallest absolute Gasteiger partial charge is 0.0618 e. The number of unbranched alkanes of at least 4 members (excludes halogenated alkanes) is 1. The van der Waals surface area contributed by atoms with Crippen LogP contribution in [0.2, 0.25) is 0 Å². The largest absolute Gasteiger partial charge is 0.396 e. The van der Waals surface area contributed by atoms with Gasteiger partial charge in [0.05, 0.1) is 12.7 Å². The minimum Gasteiger partial charge on any atom is -0.396 e. The number of aliphatic hydroxyl groups excluding tert-OH is 2. The normalized spacial score (nSPS) is 33.4. The summed E-state index contributed by atoms with van der Waals surface area (Å²) >= 11 is 0. The third kappa shape index (κ3) is 3.46. The molecule has 1 aliphatic rings. The standard InChI is InChI=1S/C13H26O2/c1-2-3-9-13(11-14)10-7-5-4-6-8-12(13)15/h12,14-15H,2-11H2,1H3. The molecule has 0 bridgehead atoms. The van der Waals surface area contributed by atoms with E-state index in [0.717, 1.165) is 38.5 Å². The Kier molecular flexibility index (Phi) is 5.62. The van der Waals surface area contributed by atoms with Gasteiger partial charge in [0.1, 0.15) is 0 Å². The first-order valence-corrected chi connectivity index (χ1v) is 6.54. The highest BCUT2D eigenvalue weighted by molar-refractivity contribution is 4.87. The van der Waals surface area contributed by atoms with Gasteiger partial charge in [0.2, 0.25) is 0 Å². The van der Waals surface area contributed by atoms with Gasteiger partial charge in [-0.2, -0.15) is 0 Å². The van der Waals surface area contributed by atoms with Gasteiger partial charge in [-0.3, -0.25) is 0 Å². The summed E-state index contributed by atoms with van der Waals surface area (Å²) in [7, 11) is 0. The van der Waals surface area contributed by atoms with Crippen LogP contribution in [0, 0.1) is 5.41 Å². The first-order chi connectivity index (χ1) is 7.25. The zero-order valence-electron chi connectivity index (χ0n) is 10.0. The third-order valence-electron chi connectivity index (χ3n) is 3.95. The summed E-state index contributed by atoms with van der Waals surface area (Å²) in [4.78, 5) is 0. The van der Waals surface area contributed by atoms with Gasteiger partial charge >= 0.3 is 0 Å². The summed E-state index contributed by atoms with van der Waals surface area (Å²) in [6.45, 7) is 2.33.